The van der Waals surface area contributed by atoms with Gasteiger partial charge in [-0.2, -0.15) is 0 Å². The second-order valence-electron chi connectivity index (χ2n) is 15.3. The summed E-state index contributed by atoms with van der Waals surface area (Å²) in [6, 6.07) is 38.0. The van der Waals surface area contributed by atoms with Gasteiger partial charge < -0.3 is 9.47 Å². The van der Waals surface area contributed by atoms with E-state index in [0.29, 0.717) is 24.1 Å². The number of amides is 1. The van der Waals surface area contributed by atoms with Crippen LogP contribution in [0.25, 0.3) is 43.6 Å². The first-order valence-corrected chi connectivity index (χ1v) is 20.1. The lowest BCUT2D eigenvalue weighted by Gasteiger charge is -2.29. The molecule has 1 saturated heterocycles. The molecular weight excluding hydrogens is 769 g/mol. The SMILES string of the molecule is Cc1ccc(Cl)c(C(=O)N2CCC(c3cn(Cc4ccc5ccccc5c4)c4ccccc34)C2C(=O)c2c(F)c(C)c(-c3cccc4ccccc34)c(C)c2Cl)c1F. The average Bonchev–Trinajstić information content (AvgIpc) is 3.84. The first kappa shape index (κ1) is 37.7. The van der Waals surface area contributed by atoms with Crippen LogP contribution >= 0.6 is 23.2 Å². The first-order chi connectivity index (χ1) is 28.0. The molecule has 1 fully saturated rings. The van der Waals surface area contributed by atoms with Gasteiger partial charge in [0.1, 0.15) is 17.7 Å². The second kappa shape index (κ2) is 14.8. The zero-order valence-corrected chi connectivity index (χ0v) is 33.6. The molecule has 4 nitrogen and oxygen atoms in total. The Bertz CT molecular complexity index is 2960. The molecule has 9 rings (SSSR count). The summed E-state index contributed by atoms with van der Waals surface area (Å²) in [5.41, 5.74) is 4.74. The Morgan fingerprint density at radius 3 is 2.19 bits per heavy atom. The molecule has 2 atom stereocenters. The van der Waals surface area contributed by atoms with Crippen molar-refractivity contribution in [3.05, 3.63) is 188 Å². The highest BCUT2D eigenvalue weighted by molar-refractivity contribution is 6.36. The number of rotatable bonds is 7. The average molecular weight is 808 g/mol. The number of nitrogens with zero attached hydrogens (tertiary/aromatic N) is 2. The Balaban J connectivity index is 1.19. The molecule has 8 aromatic rings. The van der Waals surface area contributed by atoms with Crippen molar-refractivity contribution >= 4 is 67.3 Å². The number of benzene rings is 7. The van der Waals surface area contributed by atoms with Gasteiger partial charge >= 0.3 is 0 Å². The van der Waals surface area contributed by atoms with E-state index in [2.05, 4.69) is 34.9 Å². The first-order valence-electron chi connectivity index (χ1n) is 19.3. The van der Waals surface area contributed by atoms with Crippen LogP contribution in [0.2, 0.25) is 10.0 Å². The number of aromatic nitrogens is 1. The van der Waals surface area contributed by atoms with Crippen LogP contribution in [0.1, 0.15) is 60.9 Å². The van der Waals surface area contributed by atoms with Crippen molar-refractivity contribution in [3.63, 3.8) is 0 Å². The van der Waals surface area contributed by atoms with Gasteiger partial charge in [0.25, 0.3) is 5.91 Å². The Morgan fingerprint density at radius 1 is 0.707 bits per heavy atom. The van der Waals surface area contributed by atoms with Crippen LogP contribution in [-0.4, -0.2) is 33.7 Å². The molecular formula is C50H38Cl2F2N2O2. The predicted molar refractivity (Wildman–Crippen MR) is 231 cm³/mol. The van der Waals surface area contributed by atoms with Crippen LogP contribution in [0.4, 0.5) is 8.78 Å². The fraction of sp³-hybridized carbons (Fsp3) is 0.160. The van der Waals surface area contributed by atoms with Crippen LogP contribution in [-0.2, 0) is 6.54 Å². The second-order valence-corrected chi connectivity index (χ2v) is 16.1. The highest BCUT2D eigenvalue weighted by Gasteiger charge is 2.46. The van der Waals surface area contributed by atoms with Gasteiger partial charge in [-0.15, -0.1) is 0 Å². The maximum atomic E-state index is 17.2. The van der Waals surface area contributed by atoms with E-state index < -0.39 is 35.3 Å². The van der Waals surface area contributed by atoms with E-state index in [4.69, 9.17) is 23.2 Å². The number of likely N-dealkylation sites (tertiary alicyclic amines) is 1. The summed E-state index contributed by atoms with van der Waals surface area (Å²) in [5.74, 6) is -3.47. The number of Topliss-reactive ketones (excluding diaryl/α,β-unsaturated/α-hetero) is 1. The minimum absolute atomic E-state index is 0.0208. The maximum Gasteiger partial charge on any atom is 0.259 e. The summed E-state index contributed by atoms with van der Waals surface area (Å²) in [5, 5.41) is 5.01. The van der Waals surface area contributed by atoms with Gasteiger partial charge in [0.15, 0.2) is 5.78 Å². The Labute approximate surface area is 345 Å². The van der Waals surface area contributed by atoms with Crippen molar-refractivity contribution in [1.29, 1.82) is 0 Å². The molecule has 1 amide bonds. The Kier molecular flexibility index (Phi) is 9.66. The highest BCUT2D eigenvalue weighted by atomic mass is 35.5. The van der Waals surface area contributed by atoms with Crippen LogP contribution in [0.5, 0.6) is 0 Å². The van der Waals surface area contributed by atoms with Gasteiger partial charge in [0.2, 0.25) is 0 Å². The quantitative estimate of drug-likeness (QED) is 0.151. The Hall–Kier alpha value is -5.82. The van der Waals surface area contributed by atoms with E-state index in [-0.39, 0.29) is 38.8 Å². The smallest absolute Gasteiger partial charge is 0.259 e. The van der Waals surface area contributed by atoms with E-state index in [9.17, 15) is 4.79 Å². The van der Waals surface area contributed by atoms with E-state index in [1.807, 2.05) is 85.1 Å². The van der Waals surface area contributed by atoms with Crippen molar-refractivity contribution in [1.82, 2.24) is 9.47 Å². The van der Waals surface area contributed by atoms with Gasteiger partial charge in [0.05, 0.1) is 21.2 Å². The number of aryl methyl sites for hydroxylation is 1. The lowest BCUT2D eigenvalue weighted by Crippen LogP contribution is -2.43. The van der Waals surface area contributed by atoms with Crippen LogP contribution < -0.4 is 0 Å². The van der Waals surface area contributed by atoms with Gasteiger partial charge in [0, 0.05) is 36.1 Å². The number of carbonyl (C=O) groups is 2. The van der Waals surface area contributed by atoms with E-state index >= 15 is 13.6 Å². The zero-order chi connectivity index (χ0) is 40.4. The molecule has 0 aliphatic carbocycles. The largest absolute Gasteiger partial charge is 0.343 e. The van der Waals surface area contributed by atoms with Crippen LogP contribution in [0.3, 0.4) is 0 Å². The molecule has 58 heavy (non-hydrogen) atoms. The third-order valence-electron chi connectivity index (χ3n) is 12.0. The standard InChI is InChI=1S/C50H38Cl2F2N2O2/c1-28-19-22-40(51)43(46(28)53)50(58)56-24-23-38(39-27-55(41-18-9-8-16-36(39)41)26-31-20-21-32-11-4-5-13-34(32)25-31)48(56)49(57)44-45(52)29(2)42(30(3)47(44)54)37-17-10-14-33-12-6-7-15-35(33)37/h4-22,25,27,38,48H,23-24,26H2,1-3H3. The van der Waals surface area contributed by atoms with Gasteiger partial charge in [-0.1, -0.05) is 126 Å². The molecule has 2 unspecified atom stereocenters. The molecule has 0 saturated carbocycles. The summed E-state index contributed by atoms with van der Waals surface area (Å²) in [4.78, 5) is 31.3. The lowest BCUT2D eigenvalue weighted by atomic mass is 9.84. The number of fused-ring (bicyclic) bond motifs is 3. The Morgan fingerprint density at radius 2 is 1.40 bits per heavy atom. The predicted octanol–water partition coefficient (Wildman–Crippen LogP) is 13.1. The van der Waals surface area contributed by atoms with E-state index in [1.54, 1.807) is 20.8 Å². The molecule has 8 heteroatoms. The fourth-order valence-electron chi connectivity index (χ4n) is 9.09. The fourth-order valence-corrected chi connectivity index (χ4v) is 9.58. The third-order valence-corrected chi connectivity index (χ3v) is 12.8. The molecule has 2 heterocycles. The number of hydrogen-bond donors (Lipinski definition) is 0. The molecule has 1 aromatic heterocycles. The topological polar surface area (TPSA) is 42.3 Å². The van der Waals surface area contributed by atoms with E-state index in [0.717, 1.165) is 49.1 Å². The van der Waals surface area contributed by atoms with Gasteiger partial charge in [-0.3, -0.25) is 9.59 Å². The monoisotopic (exact) mass is 806 g/mol. The van der Waals surface area contributed by atoms with E-state index in [1.165, 1.54) is 17.0 Å². The molecule has 1 aliphatic heterocycles. The molecule has 1 aliphatic rings. The zero-order valence-electron chi connectivity index (χ0n) is 32.1. The van der Waals surface area contributed by atoms with Crippen molar-refractivity contribution in [2.24, 2.45) is 0 Å². The molecule has 0 radical (unpaired) electrons. The molecule has 0 spiro atoms. The van der Waals surface area contributed by atoms with Crippen LogP contribution in [0, 0.1) is 32.4 Å². The van der Waals surface area contributed by atoms with Crippen LogP contribution in [0.15, 0.2) is 128 Å². The number of halogens is 4. The third kappa shape index (κ3) is 6.18. The van der Waals surface area contributed by atoms with Crippen molar-refractivity contribution < 1.29 is 18.4 Å². The van der Waals surface area contributed by atoms with Gasteiger partial charge in [-0.25, -0.2) is 8.78 Å². The maximum absolute atomic E-state index is 17.2. The number of para-hydroxylation sites is 1. The summed E-state index contributed by atoms with van der Waals surface area (Å²) in [7, 11) is 0. The summed E-state index contributed by atoms with van der Waals surface area (Å²) in [6.45, 7) is 5.67. The summed E-state index contributed by atoms with van der Waals surface area (Å²) >= 11 is 13.7. The molecule has 7 aromatic carbocycles. The number of carbonyl (C=O) groups excluding carboxylic acids is 2. The number of ketones is 1. The number of hydrogen-bond acceptors (Lipinski definition) is 2. The molecule has 0 bridgehead atoms. The van der Waals surface area contributed by atoms with Crippen molar-refractivity contribution in [3.8, 4) is 11.1 Å². The van der Waals surface area contributed by atoms with Gasteiger partial charge in [-0.05, 0) is 106 Å². The summed E-state index contributed by atoms with van der Waals surface area (Å²) < 4.78 is 35.1. The van der Waals surface area contributed by atoms with Crippen molar-refractivity contribution in [2.45, 2.75) is 45.7 Å². The lowest BCUT2D eigenvalue weighted by molar-refractivity contribution is 0.0657. The highest BCUT2D eigenvalue weighted by Crippen LogP contribution is 2.45. The molecule has 288 valence electrons. The normalized spacial score (nSPS) is 15.5. The summed E-state index contributed by atoms with van der Waals surface area (Å²) in [6.07, 6.45) is 2.40. The molecule has 0 N–H and O–H groups in total. The minimum Gasteiger partial charge on any atom is -0.343 e. The van der Waals surface area contributed by atoms with Crippen molar-refractivity contribution in [2.75, 3.05) is 6.54 Å². The minimum atomic E-state index is -1.22.